The summed E-state index contributed by atoms with van der Waals surface area (Å²) in [6.07, 6.45) is 2.54. The average Bonchev–Trinajstić information content (AvgIpc) is 2.34. The van der Waals surface area contributed by atoms with E-state index in [1.807, 2.05) is 4.90 Å². The van der Waals surface area contributed by atoms with Crippen LogP contribution in [-0.4, -0.2) is 43.2 Å². The minimum Gasteiger partial charge on any atom is -0.385 e. The van der Waals surface area contributed by atoms with Gasteiger partial charge in [0, 0.05) is 26.3 Å². The van der Waals surface area contributed by atoms with Gasteiger partial charge in [0.2, 0.25) is 5.91 Å². The molecule has 1 atom stereocenters. The van der Waals surface area contributed by atoms with Gasteiger partial charge in [-0.2, -0.15) is 0 Å². The number of methoxy groups -OCH3 is 1. The third-order valence-electron chi connectivity index (χ3n) is 3.18. The van der Waals surface area contributed by atoms with E-state index in [2.05, 4.69) is 27.7 Å². The van der Waals surface area contributed by atoms with Gasteiger partial charge < -0.3 is 15.4 Å². The number of hydrogen-bond donors (Lipinski definition) is 1. The Labute approximate surface area is 112 Å². The molecule has 1 unspecified atom stereocenters. The first-order chi connectivity index (χ1) is 8.47. The molecule has 0 rings (SSSR count). The summed E-state index contributed by atoms with van der Waals surface area (Å²) in [7, 11) is 1.63. The Morgan fingerprint density at radius 1 is 1.28 bits per heavy atom. The quantitative estimate of drug-likeness (QED) is 0.688. The SMILES string of the molecule is CCC(CC)N(CC(C)C)C(=O)C(N)CCOC. The van der Waals surface area contributed by atoms with Gasteiger partial charge in [-0.05, 0) is 25.2 Å². The molecule has 0 bridgehead atoms. The lowest BCUT2D eigenvalue weighted by molar-refractivity contribution is -0.136. The van der Waals surface area contributed by atoms with Crippen molar-refractivity contribution in [2.45, 2.75) is 59.0 Å². The van der Waals surface area contributed by atoms with E-state index in [1.54, 1.807) is 7.11 Å². The Hall–Kier alpha value is -0.610. The molecule has 0 aromatic carbocycles. The molecule has 108 valence electrons. The van der Waals surface area contributed by atoms with Gasteiger partial charge in [0.15, 0.2) is 0 Å². The summed E-state index contributed by atoms with van der Waals surface area (Å²) in [6, 6.07) is -0.141. The molecule has 0 saturated heterocycles. The van der Waals surface area contributed by atoms with Crippen LogP contribution in [0.1, 0.15) is 47.0 Å². The molecule has 0 spiro atoms. The van der Waals surface area contributed by atoms with E-state index in [0.717, 1.165) is 19.4 Å². The fourth-order valence-corrected chi connectivity index (χ4v) is 2.12. The predicted octanol–water partition coefficient (Wildman–Crippen LogP) is 2.02. The topological polar surface area (TPSA) is 55.6 Å². The number of rotatable bonds is 9. The summed E-state index contributed by atoms with van der Waals surface area (Å²) < 4.78 is 4.99. The maximum atomic E-state index is 12.4. The van der Waals surface area contributed by atoms with Crippen LogP contribution in [0.3, 0.4) is 0 Å². The largest absolute Gasteiger partial charge is 0.385 e. The van der Waals surface area contributed by atoms with Crippen molar-refractivity contribution in [1.29, 1.82) is 0 Å². The van der Waals surface area contributed by atoms with Gasteiger partial charge in [-0.3, -0.25) is 4.79 Å². The van der Waals surface area contributed by atoms with E-state index in [1.165, 1.54) is 0 Å². The highest BCUT2D eigenvalue weighted by atomic mass is 16.5. The highest BCUT2D eigenvalue weighted by molar-refractivity contribution is 5.82. The van der Waals surface area contributed by atoms with E-state index in [4.69, 9.17) is 10.5 Å². The summed E-state index contributed by atoms with van der Waals surface area (Å²) in [4.78, 5) is 14.4. The standard InChI is InChI=1S/C14H30N2O2/c1-6-12(7-2)16(10-11(3)4)14(17)13(15)8-9-18-5/h11-13H,6-10,15H2,1-5H3. The Morgan fingerprint density at radius 2 is 1.83 bits per heavy atom. The molecule has 4 heteroatoms. The van der Waals surface area contributed by atoms with Crippen LogP contribution in [0.5, 0.6) is 0 Å². The first kappa shape index (κ1) is 17.4. The number of nitrogens with zero attached hydrogens (tertiary/aromatic N) is 1. The van der Waals surface area contributed by atoms with E-state index in [9.17, 15) is 4.79 Å². The van der Waals surface area contributed by atoms with Crippen molar-refractivity contribution in [2.75, 3.05) is 20.3 Å². The lowest BCUT2D eigenvalue weighted by Gasteiger charge is -2.34. The van der Waals surface area contributed by atoms with Crippen LogP contribution in [0, 0.1) is 5.92 Å². The number of hydrogen-bond acceptors (Lipinski definition) is 3. The van der Waals surface area contributed by atoms with Crippen molar-refractivity contribution in [3.05, 3.63) is 0 Å². The van der Waals surface area contributed by atoms with Crippen molar-refractivity contribution >= 4 is 5.91 Å². The number of amides is 1. The normalized spacial score (nSPS) is 13.1. The Morgan fingerprint density at radius 3 is 2.22 bits per heavy atom. The number of ether oxygens (including phenoxy) is 1. The van der Waals surface area contributed by atoms with Crippen LogP contribution < -0.4 is 5.73 Å². The number of nitrogens with two attached hydrogens (primary N) is 1. The molecular weight excluding hydrogens is 228 g/mol. The van der Waals surface area contributed by atoms with Crippen molar-refractivity contribution < 1.29 is 9.53 Å². The third-order valence-corrected chi connectivity index (χ3v) is 3.18. The number of carbonyl (C=O) groups is 1. The van der Waals surface area contributed by atoms with Crippen LogP contribution in [0.4, 0.5) is 0 Å². The molecule has 0 fully saturated rings. The van der Waals surface area contributed by atoms with E-state index in [0.29, 0.717) is 25.0 Å². The molecule has 0 aliphatic rings. The first-order valence-electron chi connectivity index (χ1n) is 7.02. The number of carbonyl (C=O) groups excluding carboxylic acids is 1. The molecular formula is C14H30N2O2. The van der Waals surface area contributed by atoms with Gasteiger partial charge >= 0.3 is 0 Å². The lowest BCUT2D eigenvalue weighted by Crippen LogP contribution is -2.50. The van der Waals surface area contributed by atoms with Gasteiger partial charge in [0.05, 0.1) is 6.04 Å². The van der Waals surface area contributed by atoms with Crippen molar-refractivity contribution in [2.24, 2.45) is 11.7 Å². The summed E-state index contributed by atoms with van der Waals surface area (Å²) in [6.45, 7) is 9.81. The second-order valence-corrected chi connectivity index (χ2v) is 5.24. The van der Waals surface area contributed by atoms with Crippen LogP contribution in [0.2, 0.25) is 0 Å². The molecule has 18 heavy (non-hydrogen) atoms. The minimum atomic E-state index is -0.440. The second kappa shape index (κ2) is 9.34. The second-order valence-electron chi connectivity index (χ2n) is 5.24. The highest BCUT2D eigenvalue weighted by Crippen LogP contribution is 2.13. The third kappa shape index (κ3) is 5.83. The summed E-state index contributed by atoms with van der Waals surface area (Å²) in [5.41, 5.74) is 5.96. The lowest BCUT2D eigenvalue weighted by atomic mass is 10.0. The first-order valence-corrected chi connectivity index (χ1v) is 7.02. The van der Waals surface area contributed by atoms with Crippen LogP contribution >= 0.6 is 0 Å². The predicted molar refractivity (Wildman–Crippen MR) is 75.4 cm³/mol. The zero-order chi connectivity index (χ0) is 14.1. The molecule has 0 aromatic heterocycles. The van der Waals surface area contributed by atoms with Crippen molar-refractivity contribution in [1.82, 2.24) is 4.90 Å². The summed E-state index contributed by atoms with van der Waals surface area (Å²) in [5.74, 6) is 0.527. The van der Waals surface area contributed by atoms with Gasteiger partial charge in [0.1, 0.15) is 0 Å². The van der Waals surface area contributed by atoms with E-state index < -0.39 is 6.04 Å². The van der Waals surface area contributed by atoms with Gasteiger partial charge in [0.25, 0.3) is 0 Å². The Bertz CT molecular complexity index is 228. The zero-order valence-corrected chi connectivity index (χ0v) is 12.6. The van der Waals surface area contributed by atoms with Crippen LogP contribution in [0.25, 0.3) is 0 Å². The molecule has 0 aliphatic heterocycles. The van der Waals surface area contributed by atoms with Gasteiger partial charge in [-0.15, -0.1) is 0 Å². The molecule has 0 aliphatic carbocycles. The van der Waals surface area contributed by atoms with Crippen LogP contribution in [-0.2, 0) is 9.53 Å². The molecule has 0 radical (unpaired) electrons. The molecule has 0 aromatic rings. The molecule has 4 nitrogen and oxygen atoms in total. The van der Waals surface area contributed by atoms with Crippen LogP contribution in [0.15, 0.2) is 0 Å². The van der Waals surface area contributed by atoms with Gasteiger partial charge in [-0.1, -0.05) is 27.7 Å². The molecule has 2 N–H and O–H groups in total. The Balaban J connectivity index is 4.66. The zero-order valence-electron chi connectivity index (χ0n) is 12.6. The van der Waals surface area contributed by atoms with E-state index >= 15 is 0 Å². The smallest absolute Gasteiger partial charge is 0.239 e. The molecule has 0 saturated carbocycles. The maximum absolute atomic E-state index is 12.4. The van der Waals surface area contributed by atoms with E-state index in [-0.39, 0.29) is 5.91 Å². The van der Waals surface area contributed by atoms with Crippen molar-refractivity contribution in [3.8, 4) is 0 Å². The van der Waals surface area contributed by atoms with Gasteiger partial charge in [-0.25, -0.2) is 0 Å². The van der Waals surface area contributed by atoms with Crippen molar-refractivity contribution in [3.63, 3.8) is 0 Å². The Kier molecular flexibility index (Phi) is 9.02. The fourth-order valence-electron chi connectivity index (χ4n) is 2.12. The highest BCUT2D eigenvalue weighted by Gasteiger charge is 2.26. The molecule has 0 heterocycles. The summed E-state index contributed by atoms with van der Waals surface area (Å²) >= 11 is 0. The average molecular weight is 258 g/mol. The monoisotopic (exact) mass is 258 g/mol. The molecule has 1 amide bonds. The summed E-state index contributed by atoms with van der Waals surface area (Å²) in [5, 5.41) is 0. The maximum Gasteiger partial charge on any atom is 0.239 e. The fraction of sp³-hybridized carbons (Fsp3) is 0.929. The minimum absolute atomic E-state index is 0.0643.